The van der Waals surface area contributed by atoms with E-state index in [1.807, 2.05) is 4.57 Å². The fourth-order valence-corrected chi connectivity index (χ4v) is 6.80. The van der Waals surface area contributed by atoms with Crippen LogP contribution in [0.1, 0.15) is 93.8 Å². The van der Waals surface area contributed by atoms with Crippen molar-refractivity contribution in [3.63, 3.8) is 0 Å². The fraction of sp³-hybridized carbons (Fsp3) is 0.448. The molecule has 11 nitrogen and oxygen atoms in total. The Labute approximate surface area is 256 Å². The molecule has 0 spiro atoms. The largest absolute Gasteiger partial charge is 0.462 e. The number of thiophene rings is 1. The van der Waals surface area contributed by atoms with Crippen LogP contribution in [-0.4, -0.2) is 57.5 Å². The number of hydrogen-bond acceptors (Lipinski definition) is 10. The van der Waals surface area contributed by atoms with Gasteiger partial charge in [0.15, 0.2) is 11.0 Å². The van der Waals surface area contributed by atoms with Crippen molar-refractivity contribution in [2.45, 2.75) is 70.6 Å². The first-order valence-corrected chi connectivity index (χ1v) is 15.9. The average molecular weight is 632 g/mol. The maximum Gasteiger partial charge on any atom is 0.348 e. The number of ether oxygens (including phenoxy) is 2. The Balaban J connectivity index is 1.50. The third-order valence-electron chi connectivity index (χ3n) is 6.87. The lowest BCUT2D eigenvalue weighted by Crippen LogP contribution is -2.27. The minimum Gasteiger partial charge on any atom is -0.462 e. The summed E-state index contributed by atoms with van der Waals surface area (Å²) < 4.78 is 26.3. The van der Waals surface area contributed by atoms with E-state index in [9.17, 15) is 23.6 Å². The predicted molar refractivity (Wildman–Crippen MR) is 160 cm³/mol. The zero-order valence-corrected chi connectivity index (χ0v) is 25.9. The molecule has 2 heterocycles. The number of carbonyl (C=O) groups is 4. The van der Waals surface area contributed by atoms with Crippen LogP contribution in [0.4, 0.5) is 9.39 Å². The van der Waals surface area contributed by atoms with Crippen LogP contribution in [0, 0.1) is 12.7 Å². The zero-order chi connectivity index (χ0) is 30.9. The molecular formula is C29H34FN5O6S2. The van der Waals surface area contributed by atoms with Gasteiger partial charge in [-0.1, -0.05) is 43.2 Å². The van der Waals surface area contributed by atoms with Gasteiger partial charge in [0.25, 0.3) is 5.91 Å². The summed E-state index contributed by atoms with van der Waals surface area (Å²) in [7, 11) is 0. The number of anilines is 1. The van der Waals surface area contributed by atoms with E-state index in [0.29, 0.717) is 16.5 Å². The molecule has 0 atom stereocenters. The molecule has 230 valence electrons. The molecule has 3 aromatic rings. The quantitative estimate of drug-likeness (QED) is 0.201. The molecule has 1 saturated carbocycles. The summed E-state index contributed by atoms with van der Waals surface area (Å²) in [6.45, 7) is 5.30. The van der Waals surface area contributed by atoms with E-state index in [2.05, 4.69) is 20.8 Å². The van der Waals surface area contributed by atoms with Crippen molar-refractivity contribution in [1.29, 1.82) is 0 Å². The number of carbonyl (C=O) groups excluding carboxylic acids is 4. The van der Waals surface area contributed by atoms with Crippen molar-refractivity contribution in [1.82, 2.24) is 20.1 Å². The van der Waals surface area contributed by atoms with Gasteiger partial charge in [0, 0.05) is 6.04 Å². The number of aromatic nitrogens is 3. The molecule has 43 heavy (non-hydrogen) atoms. The van der Waals surface area contributed by atoms with Gasteiger partial charge in [-0.2, -0.15) is 0 Å². The number of halogens is 1. The Morgan fingerprint density at radius 2 is 1.74 bits per heavy atom. The van der Waals surface area contributed by atoms with Crippen LogP contribution in [0.5, 0.6) is 0 Å². The number of thioether (sulfide) groups is 1. The summed E-state index contributed by atoms with van der Waals surface area (Å²) in [5.74, 6) is -2.36. The molecule has 0 bridgehead atoms. The van der Waals surface area contributed by atoms with E-state index in [1.165, 1.54) is 30.0 Å². The van der Waals surface area contributed by atoms with Crippen LogP contribution >= 0.6 is 23.1 Å². The van der Waals surface area contributed by atoms with E-state index in [-0.39, 0.29) is 52.6 Å². The fourth-order valence-electron chi connectivity index (χ4n) is 4.87. The van der Waals surface area contributed by atoms with Crippen LogP contribution in [0.15, 0.2) is 29.4 Å². The Morgan fingerprint density at radius 1 is 1.05 bits per heavy atom. The predicted octanol–water partition coefficient (Wildman–Crippen LogP) is 5.31. The number of amides is 2. The van der Waals surface area contributed by atoms with Crippen LogP contribution in [0.25, 0.3) is 0 Å². The lowest BCUT2D eigenvalue weighted by atomic mass is 9.95. The third-order valence-corrected chi connectivity index (χ3v) is 9.00. The lowest BCUT2D eigenvalue weighted by Gasteiger charge is -2.25. The van der Waals surface area contributed by atoms with E-state index >= 15 is 0 Å². The van der Waals surface area contributed by atoms with Gasteiger partial charge in [-0.15, -0.1) is 21.5 Å². The first kappa shape index (κ1) is 32.1. The molecule has 0 aliphatic heterocycles. The van der Waals surface area contributed by atoms with Gasteiger partial charge >= 0.3 is 11.9 Å². The summed E-state index contributed by atoms with van der Waals surface area (Å²) in [5, 5.41) is 14.8. The first-order chi connectivity index (χ1) is 20.7. The van der Waals surface area contributed by atoms with Gasteiger partial charge in [-0.25, -0.2) is 14.0 Å². The summed E-state index contributed by atoms with van der Waals surface area (Å²) in [6.07, 6.45) is 5.00. The van der Waals surface area contributed by atoms with Crippen molar-refractivity contribution < 1.29 is 33.0 Å². The molecule has 1 aromatic carbocycles. The third kappa shape index (κ3) is 7.79. The number of benzene rings is 1. The monoisotopic (exact) mass is 631 g/mol. The highest BCUT2D eigenvalue weighted by atomic mass is 32.2. The van der Waals surface area contributed by atoms with E-state index in [1.54, 1.807) is 26.8 Å². The standard InChI is InChI=1S/C29H34FN5O6S2/c1-4-40-27(38)23-17(3)24(28(39)41-5-2)43-26(23)32-22(36)16-42-29-34-33-21(35(29)18-11-7-6-8-12-18)15-31-25(37)19-13-9-10-14-20(19)30/h9-10,13-14,18H,4-8,11-12,15-16H2,1-3H3,(H,31,37)(H,32,36). The number of rotatable bonds is 12. The lowest BCUT2D eigenvalue weighted by molar-refractivity contribution is -0.113. The number of nitrogens with zero attached hydrogens (tertiary/aromatic N) is 3. The summed E-state index contributed by atoms with van der Waals surface area (Å²) >= 11 is 2.13. The molecular weight excluding hydrogens is 597 g/mol. The molecule has 2 N–H and O–H groups in total. The molecule has 14 heteroatoms. The van der Waals surface area contributed by atoms with E-state index < -0.39 is 29.6 Å². The first-order valence-electron chi connectivity index (χ1n) is 14.1. The average Bonchev–Trinajstić information content (AvgIpc) is 3.55. The van der Waals surface area contributed by atoms with Gasteiger partial charge in [-0.3, -0.25) is 9.59 Å². The number of nitrogens with one attached hydrogen (secondary N) is 2. The minimum absolute atomic E-state index is 0.0391. The summed E-state index contributed by atoms with van der Waals surface area (Å²) in [5.41, 5.74) is 0.435. The molecule has 1 aliphatic carbocycles. The highest BCUT2D eigenvalue weighted by Crippen LogP contribution is 2.35. The van der Waals surface area contributed by atoms with Crippen LogP contribution in [-0.2, 0) is 20.8 Å². The summed E-state index contributed by atoms with van der Waals surface area (Å²) in [4.78, 5) is 51.1. The number of esters is 2. The minimum atomic E-state index is -0.645. The topological polar surface area (TPSA) is 142 Å². The van der Waals surface area contributed by atoms with E-state index in [0.717, 1.165) is 43.4 Å². The molecule has 4 rings (SSSR count). The summed E-state index contributed by atoms with van der Waals surface area (Å²) in [6, 6.07) is 5.84. The van der Waals surface area contributed by atoms with Gasteiger partial charge in [-0.05, 0) is 51.3 Å². The Bertz CT molecular complexity index is 1480. The highest BCUT2D eigenvalue weighted by molar-refractivity contribution is 7.99. The molecule has 2 amide bonds. The molecule has 0 radical (unpaired) electrons. The van der Waals surface area contributed by atoms with Crippen molar-refractivity contribution in [2.24, 2.45) is 0 Å². The Kier molecular flexibility index (Phi) is 11.3. The molecule has 0 saturated heterocycles. The molecule has 1 aliphatic rings. The Hall–Kier alpha value is -3.78. The molecule has 1 fully saturated rings. The van der Waals surface area contributed by atoms with Crippen molar-refractivity contribution in [3.8, 4) is 0 Å². The Morgan fingerprint density at radius 3 is 2.44 bits per heavy atom. The van der Waals surface area contributed by atoms with Gasteiger partial charge in [0.05, 0.1) is 36.6 Å². The smallest absolute Gasteiger partial charge is 0.348 e. The van der Waals surface area contributed by atoms with Crippen molar-refractivity contribution in [2.75, 3.05) is 24.3 Å². The molecule has 2 aromatic heterocycles. The number of hydrogen-bond donors (Lipinski definition) is 2. The maximum atomic E-state index is 14.1. The van der Waals surface area contributed by atoms with Crippen molar-refractivity contribution >= 4 is 51.9 Å². The van der Waals surface area contributed by atoms with Crippen molar-refractivity contribution in [3.05, 3.63) is 57.5 Å². The molecule has 0 unspecified atom stereocenters. The van der Waals surface area contributed by atoms with Gasteiger partial charge in [0.2, 0.25) is 5.91 Å². The van der Waals surface area contributed by atoms with Crippen LogP contribution < -0.4 is 10.6 Å². The second kappa shape index (κ2) is 15.1. The normalized spacial score (nSPS) is 13.4. The highest BCUT2D eigenvalue weighted by Gasteiger charge is 2.28. The van der Waals surface area contributed by atoms with Gasteiger partial charge in [0.1, 0.15) is 15.7 Å². The zero-order valence-electron chi connectivity index (χ0n) is 24.2. The van der Waals surface area contributed by atoms with Crippen LogP contribution in [0.3, 0.4) is 0 Å². The SMILES string of the molecule is CCOC(=O)c1sc(NC(=O)CSc2nnc(CNC(=O)c3ccccc3F)n2C2CCCCC2)c(C(=O)OCC)c1C. The van der Waals surface area contributed by atoms with Gasteiger partial charge < -0.3 is 24.7 Å². The van der Waals surface area contributed by atoms with Crippen LogP contribution in [0.2, 0.25) is 0 Å². The second-order valence-corrected chi connectivity index (χ2v) is 11.7. The maximum absolute atomic E-state index is 14.1. The second-order valence-electron chi connectivity index (χ2n) is 9.76. The van der Waals surface area contributed by atoms with E-state index in [4.69, 9.17) is 9.47 Å².